The Balaban J connectivity index is 0. The Morgan fingerprint density at radius 1 is 1.54 bits per heavy atom. The van der Waals surface area contributed by atoms with Gasteiger partial charge in [0, 0.05) is 32.7 Å². The van der Waals surface area contributed by atoms with Crippen molar-refractivity contribution in [1.29, 1.82) is 0 Å². The van der Waals surface area contributed by atoms with Crippen LogP contribution in [0.15, 0.2) is 12.7 Å². The number of carbonyl (C=O) groups excluding carboxylic acids is 1. The third-order valence-electron chi connectivity index (χ3n) is 1.18. The van der Waals surface area contributed by atoms with Crippen molar-refractivity contribution < 1.29 is 41.9 Å². The Hall–Kier alpha value is 0.401. The summed E-state index contributed by atoms with van der Waals surface area (Å²) in [6, 6.07) is 0. The average Bonchev–Trinajstić information content (AvgIpc) is 1.82. The Bertz CT molecular complexity index is 175. The first-order chi connectivity index (χ1) is 5.35. The van der Waals surface area contributed by atoms with Gasteiger partial charge in [-0.15, -0.1) is 18.6 Å². The van der Waals surface area contributed by atoms with Crippen LogP contribution >= 0.6 is 0 Å². The molecule has 0 aromatic rings. The molecule has 0 aromatic heterocycles. The molecule has 0 aliphatic carbocycles. The van der Waals surface area contributed by atoms with E-state index in [0.717, 1.165) is 0 Å². The van der Waals surface area contributed by atoms with Gasteiger partial charge in [0.1, 0.15) is 0 Å². The van der Waals surface area contributed by atoms with Crippen LogP contribution in [0.5, 0.6) is 0 Å². The molecule has 0 aliphatic heterocycles. The first kappa shape index (κ1) is 15.9. The van der Waals surface area contributed by atoms with Gasteiger partial charge in [-0.2, -0.15) is 0 Å². The van der Waals surface area contributed by atoms with Gasteiger partial charge in [0.25, 0.3) is 0 Å². The van der Waals surface area contributed by atoms with Crippen molar-refractivity contribution in [2.75, 3.05) is 0 Å². The van der Waals surface area contributed by atoms with Crippen molar-refractivity contribution in [3.05, 3.63) is 19.1 Å². The second kappa shape index (κ2) is 6.80. The molecule has 0 aliphatic rings. The van der Waals surface area contributed by atoms with Crippen LogP contribution in [0.2, 0.25) is 19.6 Å². The number of allylic oxidation sites excluding steroid dienone is 1. The minimum absolute atomic E-state index is 0. The van der Waals surface area contributed by atoms with Crippen LogP contribution in [0.1, 0.15) is 6.92 Å². The van der Waals surface area contributed by atoms with Gasteiger partial charge in [-0.05, 0) is 19.6 Å². The molecule has 0 N–H and O–H groups in total. The molecule has 0 rings (SSSR count). The Labute approximate surface area is 107 Å². The number of rotatable bonds is 4. The summed E-state index contributed by atoms with van der Waals surface area (Å²) < 4.78 is 5.21. The van der Waals surface area contributed by atoms with Gasteiger partial charge in [-0.25, -0.2) is 0 Å². The zero-order valence-corrected chi connectivity index (χ0v) is 12.7. The largest absolute Gasteiger partial charge is 0.541 e. The summed E-state index contributed by atoms with van der Waals surface area (Å²) >= 11 is 0. The summed E-state index contributed by atoms with van der Waals surface area (Å²) in [5.41, 5.74) is 0. The summed E-state index contributed by atoms with van der Waals surface area (Å²) in [7, 11) is -1.71. The standard InChI is InChI=1S/C9H17O2Si.Y/c1-6-8(2)7-9(10)11-12(3,4)5;/h6-8H,1H2,2-5H3;/q-1;. The molecule has 1 unspecified atom stereocenters. The topological polar surface area (TPSA) is 26.3 Å². The molecular weight excluding hydrogens is 257 g/mol. The second-order valence-corrected chi connectivity index (χ2v) is 8.22. The van der Waals surface area contributed by atoms with Gasteiger partial charge >= 0.3 is 0 Å². The van der Waals surface area contributed by atoms with Crippen molar-refractivity contribution in [3.8, 4) is 0 Å². The first-order valence-electron chi connectivity index (χ1n) is 4.05. The Morgan fingerprint density at radius 2 is 2.00 bits per heavy atom. The third-order valence-corrected chi connectivity index (χ3v) is 1.99. The molecule has 0 heterocycles. The molecule has 1 atom stereocenters. The number of carbonyl (C=O) groups is 1. The minimum Gasteiger partial charge on any atom is -0.541 e. The summed E-state index contributed by atoms with van der Waals surface area (Å²) in [4.78, 5) is 11.1. The molecule has 0 amide bonds. The van der Waals surface area contributed by atoms with Gasteiger partial charge in [-0.3, -0.25) is 11.2 Å². The third kappa shape index (κ3) is 10.3. The summed E-state index contributed by atoms with van der Waals surface area (Å²) in [5.74, 6) is -0.129. The van der Waals surface area contributed by atoms with E-state index in [4.69, 9.17) is 4.43 Å². The van der Waals surface area contributed by atoms with E-state index >= 15 is 0 Å². The van der Waals surface area contributed by atoms with E-state index in [2.05, 4.69) is 6.58 Å². The van der Waals surface area contributed by atoms with Crippen LogP contribution in [0, 0.1) is 12.3 Å². The molecule has 1 radical (unpaired) electrons. The maximum atomic E-state index is 11.1. The van der Waals surface area contributed by atoms with Gasteiger partial charge in [0.05, 0.1) is 0 Å². The molecule has 0 saturated heterocycles. The van der Waals surface area contributed by atoms with E-state index < -0.39 is 8.32 Å². The molecule has 0 fully saturated rings. The molecule has 0 aromatic carbocycles. The molecule has 0 saturated carbocycles. The molecule has 0 bridgehead atoms. The smallest absolute Gasteiger partial charge is 0.242 e. The van der Waals surface area contributed by atoms with E-state index in [9.17, 15) is 4.79 Å². The second-order valence-electron chi connectivity index (χ2n) is 3.79. The van der Waals surface area contributed by atoms with Crippen LogP contribution in [0.25, 0.3) is 0 Å². The molecular formula is C9H17O2SiY-. The maximum Gasteiger partial charge on any atom is 0.242 e. The van der Waals surface area contributed by atoms with Crippen molar-refractivity contribution in [3.63, 3.8) is 0 Å². The molecule has 13 heavy (non-hydrogen) atoms. The zero-order valence-electron chi connectivity index (χ0n) is 8.83. The van der Waals surface area contributed by atoms with Crippen LogP contribution in [-0.2, 0) is 41.9 Å². The summed E-state index contributed by atoms with van der Waals surface area (Å²) in [5, 5.41) is 0. The van der Waals surface area contributed by atoms with Crippen molar-refractivity contribution in [2.45, 2.75) is 26.6 Å². The summed E-state index contributed by atoms with van der Waals surface area (Å²) in [6.45, 7) is 11.4. The fraction of sp³-hybridized carbons (Fsp3) is 0.556. The Morgan fingerprint density at radius 3 is 2.31 bits per heavy atom. The van der Waals surface area contributed by atoms with Crippen LogP contribution < -0.4 is 0 Å². The van der Waals surface area contributed by atoms with Crippen molar-refractivity contribution in [2.24, 2.45) is 5.92 Å². The SMILES string of the molecule is C=CC(C)[CH-]C(=O)O[Si](C)(C)C.[Y]. The Kier molecular flexibility index (Phi) is 8.29. The van der Waals surface area contributed by atoms with Gasteiger partial charge in [0.2, 0.25) is 8.32 Å². The molecule has 4 heteroatoms. The number of hydrogen-bond donors (Lipinski definition) is 0. The average molecular weight is 274 g/mol. The molecule has 2 nitrogen and oxygen atoms in total. The first-order valence-corrected chi connectivity index (χ1v) is 7.46. The van der Waals surface area contributed by atoms with E-state index in [1.165, 1.54) is 0 Å². The predicted octanol–water partition coefficient (Wildman–Crippen LogP) is 2.39. The van der Waals surface area contributed by atoms with Crippen LogP contribution in [-0.4, -0.2) is 14.3 Å². The van der Waals surface area contributed by atoms with Crippen LogP contribution in [0.3, 0.4) is 0 Å². The quantitative estimate of drug-likeness (QED) is 0.447. The van der Waals surface area contributed by atoms with Gasteiger partial charge < -0.3 is 4.43 Å². The number of hydrogen-bond acceptors (Lipinski definition) is 2. The predicted molar refractivity (Wildman–Crippen MR) is 53.1 cm³/mol. The summed E-state index contributed by atoms with van der Waals surface area (Å²) in [6.07, 6.45) is 3.26. The maximum absolute atomic E-state index is 11.1. The monoisotopic (exact) mass is 274 g/mol. The van der Waals surface area contributed by atoms with E-state index in [1.54, 1.807) is 12.5 Å². The van der Waals surface area contributed by atoms with Crippen LogP contribution in [0.4, 0.5) is 0 Å². The zero-order chi connectivity index (χ0) is 9.78. The van der Waals surface area contributed by atoms with E-state index in [-0.39, 0.29) is 44.6 Å². The van der Waals surface area contributed by atoms with E-state index in [1.807, 2.05) is 26.6 Å². The van der Waals surface area contributed by atoms with Crippen molar-refractivity contribution >= 4 is 14.3 Å². The van der Waals surface area contributed by atoms with E-state index in [0.29, 0.717) is 0 Å². The minimum atomic E-state index is -1.71. The molecule has 73 valence electrons. The van der Waals surface area contributed by atoms with Gasteiger partial charge in [-0.1, -0.05) is 6.92 Å². The fourth-order valence-corrected chi connectivity index (χ4v) is 1.29. The normalized spacial score (nSPS) is 12.3. The fourth-order valence-electron chi connectivity index (χ4n) is 0.618. The van der Waals surface area contributed by atoms with Crippen molar-refractivity contribution in [1.82, 2.24) is 0 Å². The van der Waals surface area contributed by atoms with Gasteiger partial charge in [0.15, 0.2) is 5.97 Å². The molecule has 0 spiro atoms.